The van der Waals surface area contributed by atoms with Gasteiger partial charge in [-0.15, -0.1) is 5.10 Å². The molecule has 2 aliphatic carbocycles. The van der Waals surface area contributed by atoms with Crippen LogP contribution in [-0.4, -0.2) is 33.8 Å². The predicted octanol–water partition coefficient (Wildman–Crippen LogP) is 2.41. The van der Waals surface area contributed by atoms with Gasteiger partial charge in [0.05, 0.1) is 6.54 Å². The van der Waals surface area contributed by atoms with Gasteiger partial charge in [0.1, 0.15) is 0 Å². The van der Waals surface area contributed by atoms with Gasteiger partial charge in [0.15, 0.2) is 0 Å². The summed E-state index contributed by atoms with van der Waals surface area (Å²) in [5, 5.41) is 15.7. The average molecular weight is 282 g/mol. The van der Waals surface area contributed by atoms with E-state index in [1.54, 1.807) is 0 Å². The Morgan fingerprint density at radius 2 is 2.11 bits per heavy atom. The fourth-order valence-corrected chi connectivity index (χ4v) is 3.39. The maximum absolute atomic E-state index is 5.63. The highest BCUT2D eigenvalue weighted by Gasteiger charge is 2.23. The molecule has 106 valence electrons. The lowest BCUT2D eigenvalue weighted by molar-refractivity contribution is 0.441. The summed E-state index contributed by atoms with van der Waals surface area (Å²) >= 11 is 1.97. The second-order valence-electron chi connectivity index (χ2n) is 5.52. The number of aromatic nitrogens is 2. The van der Waals surface area contributed by atoms with E-state index in [1.807, 2.05) is 11.8 Å². The fraction of sp³-hybridized carbons (Fsp3) is 0.846. The zero-order valence-electron chi connectivity index (χ0n) is 11.4. The molecule has 2 saturated carbocycles. The first-order valence-corrected chi connectivity index (χ1v) is 8.47. The van der Waals surface area contributed by atoms with Crippen molar-refractivity contribution in [3.63, 3.8) is 0 Å². The van der Waals surface area contributed by atoms with Gasteiger partial charge in [0, 0.05) is 17.3 Å². The summed E-state index contributed by atoms with van der Waals surface area (Å²) in [6, 6.07) is 1.74. The van der Waals surface area contributed by atoms with Crippen LogP contribution in [0.25, 0.3) is 0 Å². The van der Waals surface area contributed by atoms with Crippen molar-refractivity contribution in [2.24, 2.45) is 0 Å². The molecule has 2 N–H and O–H groups in total. The van der Waals surface area contributed by atoms with Crippen LogP contribution in [-0.2, 0) is 6.54 Å². The maximum atomic E-state index is 5.63. The first kappa shape index (κ1) is 13.2. The summed E-state index contributed by atoms with van der Waals surface area (Å²) in [5.74, 6) is 0.687. The molecule has 0 radical (unpaired) electrons. The van der Waals surface area contributed by atoms with Crippen LogP contribution >= 0.6 is 11.8 Å². The van der Waals surface area contributed by atoms with E-state index in [-0.39, 0.29) is 0 Å². The number of thioether (sulfide) groups is 1. The summed E-state index contributed by atoms with van der Waals surface area (Å²) in [7, 11) is 0. The van der Waals surface area contributed by atoms with E-state index in [9.17, 15) is 0 Å². The molecule has 0 bridgehead atoms. The molecule has 1 aromatic heterocycles. The summed E-state index contributed by atoms with van der Waals surface area (Å²) in [6.07, 6.45) is 9.76. The van der Waals surface area contributed by atoms with Crippen LogP contribution in [0.5, 0.6) is 0 Å². The molecule has 2 atom stereocenters. The van der Waals surface area contributed by atoms with Gasteiger partial charge >= 0.3 is 6.01 Å². The quantitative estimate of drug-likeness (QED) is 0.835. The zero-order chi connectivity index (χ0) is 13.1. The van der Waals surface area contributed by atoms with E-state index in [0.29, 0.717) is 30.5 Å². The minimum atomic E-state index is 0.482. The molecule has 19 heavy (non-hydrogen) atoms. The Labute approximate surface area is 118 Å². The molecule has 1 heterocycles. The number of nitrogens with zero attached hydrogens (tertiary/aromatic N) is 2. The van der Waals surface area contributed by atoms with Gasteiger partial charge in [-0.2, -0.15) is 11.8 Å². The number of anilines is 1. The summed E-state index contributed by atoms with van der Waals surface area (Å²) in [4.78, 5) is 0. The van der Waals surface area contributed by atoms with Crippen molar-refractivity contribution < 1.29 is 4.42 Å². The number of hydrogen-bond acceptors (Lipinski definition) is 6. The number of nitrogens with one attached hydrogen (secondary N) is 2. The summed E-state index contributed by atoms with van der Waals surface area (Å²) in [6.45, 7) is 0.692. The first-order valence-electron chi connectivity index (χ1n) is 7.18. The van der Waals surface area contributed by atoms with Crippen LogP contribution in [0.3, 0.4) is 0 Å². The largest absolute Gasteiger partial charge is 0.407 e. The lowest BCUT2D eigenvalue weighted by Crippen LogP contribution is -2.28. The van der Waals surface area contributed by atoms with Crippen LogP contribution < -0.4 is 10.6 Å². The summed E-state index contributed by atoms with van der Waals surface area (Å²) < 4.78 is 5.63. The standard InChI is InChI=1S/C13H22N4OS/c1-19-11-4-2-3-10(7-11)15-13-17-16-12(18-13)8-14-9-5-6-9/h9-11,14H,2-8H2,1H3,(H,15,17). The third-order valence-electron chi connectivity index (χ3n) is 3.87. The Morgan fingerprint density at radius 1 is 1.21 bits per heavy atom. The van der Waals surface area contributed by atoms with Crippen molar-refractivity contribution >= 4 is 17.8 Å². The van der Waals surface area contributed by atoms with Crippen LogP contribution in [0.15, 0.2) is 4.42 Å². The molecular formula is C13H22N4OS. The van der Waals surface area contributed by atoms with Crippen LogP contribution in [0.4, 0.5) is 6.01 Å². The predicted molar refractivity (Wildman–Crippen MR) is 77.3 cm³/mol. The number of hydrogen-bond donors (Lipinski definition) is 2. The Kier molecular flexibility index (Phi) is 4.28. The minimum absolute atomic E-state index is 0.482. The van der Waals surface area contributed by atoms with Gasteiger partial charge in [-0.3, -0.25) is 0 Å². The van der Waals surface area contributed by atoms with E-state index in [2.05, 4.69) is 27.1 Å². The van der Waals surface area contributed by atoms with Crippen molar-refractivity contribution in [1.29, 1.82) is 0 Å². The van der Waals surface area contributed by atoms with E-state index in [1.165, 1.54) is 38.5 Å². The second-order valence-corrected chi connectivity index (χ2v) is 6.66. The molecule has 2 unspecified atom stereocenters. The van der Waals surface area contributed by atoms with Gasteiger partial charge < -0.3 is 15.1 Å². The highest BCUT2D eigenvalue weighted by atomic mass is 32.2. The third kappa shape index (κ3) is 3.86. The lowest BCUT2D eigenvalue weighted by Gasteiger charge is -2.27. The third-order valence-corrected chi connectivity index (χ3v) is 4.97. The molecule has 2 fully saturated rings. The van der Waals surface area contributed by atoms with Gasteiger partial charge in [0.25, 0.3) is 0 Å². The van der Waals surface area contributed by atoms with Crippen LogP contribution in [0, 0.1) is 0 Å². The molecule has 0 aromatic carbocycles. The molecule has 5 nitrogen and oxygen atoms in total. The Bertz CT molecular complexity index is 407. The molecule has 2 aliphatic rings. The Balaban J connectivity index is 1.48. The van der Waals surface area contributed by atoms with Crippen molar-refractivity contribution in [2.45, 2.75) is 62.4 Å². The molecule has 0 spiro atoms. The SMILES string of the molecule is CSC1CCCC(Nc2nnc(CNC3CC3)o2)C1. The van der Waals surface area contributed by atoms with Crippen molar-refractivity contribution in [3.8, 4) is 0 Å². The lowest BCUT2D eigenvalue weighted by atomic mass is 9.95. The molecule has 0 aliphatic heterocycles. The van der Waals surface area contributed by atoms with Crippen molar-refractivity contribution in [3.05, 3.63) is 5.89 Å². The van der Waals surface area contributed by atoms with E-state index >= 15 is 0 Å². The van der Waals surface area contributed by atoms with Gasteiger partial charge in [-0.25, -0.2) is 0 Å². The maximum Gasteiger partial charge on any atom is 0.315 e. The second kappa shape index (κ2) is 6.13. The van der Waals surface area contributed by atoms with E-state index < -0.39 is 0 Å². The molecule has 1 aromatic rings. The zero-order valence-corrected chi connectivity index (χ0v) is 12.2. The molecular weight excluding hydrogens is 260 g/mol. The van der Waals surface area contributed by atoms with Crippen LogP contribution in [0.1, 0.15) is 44.4 Å². The van der Waals surface area contributed by atoms with Gasteiger partial charge in [-0.05, 0) is 38.4 Å². The topological polar surface area (TPSA) is 63.0 Å². The van der Waals surface area contributed by atoms with Crippen molar-refractivity contribution in [1.82, 2.24) is 15.5 Å². The Hall–Kier alpha value is -0.750. The van der Waals surface area contributed by atoms with Crippen molar-refractivity contribution in [2.75, 3.05) is 11.6 Å². The first-order chi connectivity index (χ1) is 9.33. The highest BCUT2D eigenvalue weighted by molar-refractivity contribution is 7.99. The smallest absolute Gasteiger partial charge is 0.315 e. The Morgan fingerprint density at radius 3 is 2.89 bits per heavy atom. The highest BCUT2D eigenvalue weighted by Crippen LogP contribution is 2.28. The normalized spacial score (nSPS) is 27.4. The minimum Gasteiger partial charge on any atom is -0.407 e. The summed E-state index contributed by atoms with van der Waals surface area (Å²) in [5.41, 5.74) is 0. The van der Waals surface area contributed by atoms with Gasteiger partial charge in [-0.1, -0.05) is 11.5 Å². The molecule has 0 saturated heterocycles. The van der Waals surface area contributed by atoms with E-state index in [0.717, 1.165) is 5.25 Å². The fourth-order valence-electron chi connectivity index (χ4n) is 2.57. The number of rotatable bonds is 6. The molecule has 0 amide bonds. The molecule has 6 heteroatoms. The van der Waals surface area contributed by atoms with Crippen LogP contribution in [0.2, 0.25) is 0 Å². The monoisotopic (exact) mass is 282 g/mol. The van der Waals surface area contributed by atoms with Gasteiger partial charge in [0.2, 0.25) is 5.89 Å². The van der Waals surface area contributed by atoms with E-state index in [4.69, 9.17) is 4.42 Å². The molecule has 3 rings (SSSR count). The average Bonchev–Trinajstić information content (AvgIpc) is 3.17.